The third-order valence-electron chi connectivity index (χ3n) is 4.49. The molecule has 1 amide bonds. The van der Waals surface area contributed by atoms with Gasteiger partial charge in [-0.05, 0) is 31.9 Å². The molecule has 0 bridgehead atoms. The summed E-state index contributed by atoms with van der Waals surface area (Å²) in [6.45, 7) is 2.78. The zero-order valence-electron chi connectivity index (χ0n) is 14.4. The number of anilines is 1. The van der Waals surface area contributed by atoms with Crippen LogP contribution in [0.2, 0.25) is 0 Å². The number of nitrogens with one attached hydrogen (secondary N) is 1. The van der Waals surface area contributed by atoms with Crippen LogP contribution in [0.25, 0.3) is 0 Å². The highest BCUT2D eigenvalue weighted by Crippen LogP contribution is 2.31. The fraction of sp³-hybridized carbons (Fsp3) is 0.444. The topological polar surface area (TPSA) is 59.4 Å². The van der Waals surface area contributed by atoms with Crippen molar-refractivity contribution in [1.82, 2.24) is 15.1 Å². The maximum atomic E-state index is 13.0. The van der Waals surface area contributed by atoms with E-state index < -0.39 is 0 Å². The second kappa shape index (κ2) is 7.05. The highest BCUT2D eigenvalue weighted by atomic mass is 16.5. The van der Waals surface area contributed by atoms with Crippen molar-refractivity contribution in [2.75, 3.05) is 18.6 Å². The van der Waals surface area contributed by atoms with Crippen LogP contribution in [0, 0.1) is 0 Å². The van der Waals surface area contributed by atoms with Gasteiger partial charge in [-0.25, -0.2) is 0 Å². The summed E-state index contributed by atoms with van der Waals surface area (Å²) in [4.78, 5) is 14.8. The fourth-order valence-electron chi connectivity index (χ4n) is 3.18. The number of amides is 1. The Morgan fingerprint density at radius 2 is 2.17 bits per heavy atom. The lowest BCUT2D eigenvalue weighted by molar-refractivity contribution is -0.122. The summed E-state index contributed by atoms with van der Waals surface area (Å²) in [6, 6.07) is 7.54. The summed E-state index contributed by atoms with van der Waals surface area (Å²) in [5.41, 5.74) is 1.92. The molecule has 1 saturated heterocycles. The van der Waals surface area contributed by atoms with E-state index in [2.05, 4.69) is 17.3 Å². The molecule has 0 radical (unpaired) electrons. The van der Waals surface area contributed by atoms with Gasteiger partial charge in [-0.1, -0.05) is 12.1 Å². The molecule has 6 nitrogen and oxygen atoms in total. The Morgan fingerprint density at radius 3 is 2.88 bits per heavy atom. The maximum Gasteiger partial charge on any atom is 0.244 e. The van der Waals surface area contributed by atoms with Crippen LogP contribution in [-0.2, 0) is 11.8 Å². The SMILES string of the molecule is COc1ccccc1N1CCC[C@H](N[C@@H](C)c2cnn(C)c2)C1=O. The van der Waals surface area contributed by atoms with Gasteiger partial charge >= 0.3 is 0 Å². The zero-order chi connectivity index (χ0) is 17.1. The number of benzene rings is 1. The van der Waals surface area contributed by atoms with Crippen molar-refractivity contribution in [3.8, 4) is 5.75 Å². The predicted molar refractivity (Wildman–Crippen MR) is 93.1 cm³/mol. The zero-order valence-corrected chi connectivity index (χ0v) is 14.4. The van der Waals surface area contributed by atoms with Crippen molar-refractivity contribution in [3.63, 3.8) is 0 Å². The number of aromatic nitrogens is 2. The first-order valence-electron chi connectivity index (χ1n) is 8.29. The summed E-state index contributed by atoms with van der Waals surface area (Å²) in [5, 5.41) is 7.65. The Labute approximate surface area is 142 Å². The van der Waals surface area contributed by atoms with Crippen molar-refractivity contribution in [2.45, 2.75) is 31.8 Å². The number of rotatable bonds is 5. The van der Waals surface area contributed by atoms with Crippen LogP contribution in [0.3, 0.4) is 0 Å². The average Bonchev–Trinajstić information content (AvgIpc) is 3.03. The number of para-hydroxylation sites is 2. The minimum absolute atomic E-state index is 0.0743. The second-order valence-electron chi connectivity index (χ2n) is 6.19. The Balaban J connectivity index is 1.75. The smallest absolute Gasteiger partial charge is 0.244 e. The van der Waals surface area contributed by atoms with Crippen LogP contribution in [0.1, 0.15) is 31.4 Å². The third-order valence-corrected chi connectivity index (χ3v) is 4.49. The first kappa shape index (κ1) is 16.5. The van der Waals surface area contributed by atoms with E-state index in [9.17, 15) is 4.79 Å². The number of carbonyl (C=O) groups is 1. The van der Waals surface area contributed by atoms with E-state index in [1.165, 1.54) is 0 Å². The number of aryl methyl sites for hydroxylation is 1. The molecule has 0 spiro atoms. The Kier molecular flexibility index (Phi) is 4.85. The first-order valence-corrected chi connectivity index (χ1v) is 8.29. The van der Waals surface area contributed by atoms with Crippen LogP contribution in [0.15, 0.2) is 36.7 Å². The summed E-state index contributed by atoms with van der Waals surface area (Å²) in [5.74, 6) is 0.827. The molecule has 2 heterocycles. The number of hydrogen-bond acceptors (Lipinski definition) is 4. The number of hydrogen-bond donors (Lipinski definition) is 1. The van der Waals surface area contributed by atoms with E-state index in [0.29, 0.717) is 0 Å². The summed E-state index contributed by atoms with van der Waals surface area (Å²) in [7, 11) is 3.53. The largest absolute Gasteiger partial charge is 0.495 e. The molecule has 24 heavy (non-hydrogen) atoms. The Bertz CT molecular complexity index is 713. The molecule has 1 aliphatic heterocycles. The molecule has 1 aliphatic rings. The van der Waals surface area contributed by atoms with Gasteiger partial charge in [0.25, 0.3) is 0 Å². The highest BCUT2D eigenvalue weighted by molar-refractivity contribution is 5.99. The lowest BCUT2D eigenvalue weighted by Crippen LogP contribution is -2.51. The lowest BCUT2D eigenvalue weighted by atomic mass is 10.0. The minimum Gasteiger partial charge on any atom is -0.495 e. The van der Waals surface area contributed by atoms with Crippen molar-refractivity contribution in [1.29, 1.82) is 0 Å². The van der Waals surface area contributed by atoms with Crippen molar-refractivity contribution in [2.24, 2.45) is 7.05 Å². The molecule has 1 N–H and O–H groups in total. The molecular formula is C18H24N4O2. The van der Waals surface area contributed by atoms with Gasteiger partial charge in [0.15, 0.2) is 0 Å². The molecule has 0 saturated carbocycles. The molecule has 128 valence electrons. The molecule has 2 atom stereocenters. The first-order chi connectivity index (χ1) is 11.6. The van der Waals surface area contributed by atoms with E-state index in [-0.39, 0.29) is 18.0 Å². The Morgan fingerprint density at radius 1 is 1.38 bits per heavy atom. The fourth-order valence-corrected chi connectivity index (χ4v) is 3.18. The quantitative estimate of drug-likeness (QED) is 0.915. The maximum absolute atomic E-state index is 13.0. The lowest BCUT2D eigenvalue weighted by Gasteiger charge is -2.34. The van der Waals surface area contributed by atoms with Gasteiger partial charge in [0, 0.05) is 31.4 Å². The van der Waals surface area contributed by atoms with E-state index in [0.717, 1.165) is 36.4 Å². The number of methoxy groups -OCH3 is 1. The average molecular weight is 328 g/mol. The molecule has 3 rings (SSSR count). The molecule has 0 aliphatic carbocycles. The van der Waals surface area contributed by atoms with E-state index in [1.54, 1.807) is 11.8 Å². The van der Waals surface area contributed by atoms with Gasteiger partial charge in [0.2, 0.25) is 5.91 Å². The Hall–Kier alpha value is -2.34. The van der Waals surface area contributed by atoms with Crippen LogP contribution in [-0.4, -0.2) is 35.4 Å². The highest BCUT2D eigenvalue weighted by Gasteiger charge is 2.32. The molecule has 1 aromatic heterocycles. The van der Waals surface area contributed by atoms with Gasteiger partial charge in [-0.15, -0.1) is 0 Å². The van der Waals surface area contributed by atoms with Gasteiger partial charge in [0.05, 0.1) is 25.0 Å². The number of carbonyl (C=O) groups excluding carboxylic acids is 1. The number of nitrogens with zero attached hydrogens (tertiary/aromatic N) is 3. The molecule has 6 heteroatoms. The minimum atomic E-state index is -0.195. The summed E-state index contributed by atoms with van der Waals surface area (Å²) >= 11 is 0. The van der Waals surface area contributed by atoms with Crippen LogP contribution < -0.4 is 15.0 Å². The van der Waals surface area contributed by atoms with Crippen LogP contribution >= 0.6 is 0 Å². The molecule has 0 unspecified atom stereocenters. The van der Waals surface area contributed by atoms with Gasteiger partial charge in [-0.3, -0.25) is 14.8 Å². The molecule has 2 aromatic rings. The van der Waals surface area contributed by atoms with Gasteiger partial charge in [0.1, 0.15) is 5.75 Å². The normalized spacial score (nSPS) is 19.4. The van der Waals surface area contributed by atoms with Crippen molar-refractivity contribution >= 4 is 11.6 Å². The van der Waals surface area contributed by atoms with Crippen molar-refractivity contribution < 1.29 is 9.53 Å². The van der Waals surface area contributed by atoms with Gasteiger partial charge < -0.3 is 9.64 Å². The van der Waals surface area contributed by atoms with E-state index >= 15 is 0 Å². The molecule has 1 fully saturated rings. The monoisotopic (exact) mass is 328 g/mol. The van der Waals surface area contributed by atoms with Crippen molar-refractivity contribution in [3.05, 3.63) is 42.2 Å². The molecular weight excluding hydrogens is 304 g/mol. The van der Waals surface area contributed by atoms with Crippen LogP contribution in [0.5, 0.6) is 5.75 Å². The number of piperidine rings is 1. The van der Waals surface area contributed by atoms with E-state index in [4.69, 9.17) is 4.74 Å². The standard InChI is InChI=1S/C18H24N4O2/c1-13(14-11-19-21(2)12-14)20-15-7-6-10-22(18(15)23)16-8-4-5-9-17(16)24-3/h4-5,8-9,11-13,15,20H,6-7,10H2,1-3H3/t13-,15-/m0/s1. The predicted octanol–water partition coefficient (Wildman–Crippen LogP) is 2.27. The summed E-state index contributed by atoms with van der Waals surface area (Å²) in [6.07, 6.45) is 5.61. The van der Waals surface area contributed by atoms with Crippen LogP contribution in [0.4, 0.5) is 5.69 Å². The molecule has 1 aromatic carbocycles. The van der Waals surface area contributed by atoms with Gasteiger partial charge in [-0.2, -0.15) is 5.10 Å². The summed E-state index contributed by atoms with van der Waals surface area (Å²) < 4.78 is 7.19. The van der Waals surface area contributed by atoms with E-state index in [1.807, 2.05) is 48.6 Å². The third kappa shape index (κ3) is 3.28. The number of ether oxygens (including phenoxy) is 1. The second-order valence-corrected chi connectivity index (χ2v) is 6.19.